The summed E-state index contributed by atoms with van der Waals surface area (Å²) in [5.41, 5.74) is 3.15. The second kappa shape index (κ2) is 8.53. The molecule has 4 rings (SSSR count). The topological polar surface area (TPSA) is 96.6 Å². The van der Waals surface area contributed by atoms with Gasteiger partial charge in [0.05, 0.1) is 23.1 Å². The normalized spacial score (nSPS) is 10.9. The molecule has 2 aromatic heterocycles. The molecular formula is C22H16ClFN4O3. The summed E-state index contributed by atoms with van der Waals surface area (Å²) in [6, 6.07) is 11.2. The number of halogens is 2. The van der Waals surface area contributed by atoms with E-state index in [0.29, 0.717) is 23.6 Å². The van der Waals surface area contributed by atoms with E-state index < -0.39 is 17.7 Å². The number of carboxylic acid groups (broad SMARTS) is 1. The Hall–Kier alpha value is -3.78. The number of carbonyl (C=O) groups excluding carboxylic acids is 1. The lowest BCUT2D eigenvalue weighted by atomic mass is 10.1. The fourth-order valence-corrected chi connectivity index (χ4v) is 3.23. The summed E-state index contributed by atoms with van der Waals surface area (Å²) in [6.07, 6.45) is 5.34. The maximum atomic E-state index is 13.3. The minimum Gasteiger partial charge on any atom is -0.481 e. The number of hydrogen-bond donors (Lipinski definition) is 2. The van der Waals surface area contributed by atoms with Crippen molar-refractivity contribution in [1.29, 1.82) is 0 Å². The van der Waals surface area contributed by atoms with Crippen molar-refractivity contribution in [2.75, 3.05) is 5.32 Å². The largest absolute Gasteiger partial charge is 0.481 e. The van der Waals surface area contributed by atoms with Crippen molar-refractivity contribution in [2.24, 2.45) is 0 Å². The van der Waals surface area contributed by atoms with E-state index in [9.17, 15) is 14.0 Å². The molecule has 0 aliphatic heterocycles. The third kappa shape index (κ3) is 4.54. The summed E-state index contributed by atoms with van der Waals surface area (Å²) < 4.78 is 15.0. The molecule has 1 amide bonds. The van der Waals surface area contributed by atoms with Gasteiger partial charge in [0.1, 0.15) is 11.6 Å². The summed E-state index contributed by atoms with van der Waals surface area (Å²) >= 11 is 5.76. The van der Waals surface area contributed by atoms with Crippen molar-refractivity contribution in [3.8, 4) is 11.3 Å². The number of anilines is 1. The highest BCUT2D eigenvalue weighted by Gasteiger charge is 2.13. The Morgan fingerprint density at radius 3 is 2.58 bits per heavy atom. The molecule has 0 unspecified atom stereocenters. The van der Waals surface area contributed by atoms with Crippen molar-refractivity contribution in [1.82, 2.24) is 14.4 Å². The molecule has 0 atom stereocenters. The number of amides is 1. The molecule has 0 radical (unpaired) electrons. The predicted octanol–water partition coefficient (Wildman–Crippen LogP) is 4.46. The molecule has 156 valence electrons. The van der Waals surface area contributed by atoms with Crippen LogP contribution in [0.3, 0.4) is 0 Å². The van der Waals surface area contributed by atoms with Gasteiger partial charge >= 0.3 is 5.97 Å². The zero-order chi connectivity index (χ0) is 22.0. The lowest BCUT2D eigenvalue weighted by Crippen LogP contribution is -2.13. The second-order valence-electron chi connectivity index (χ2n) is 6.82. The van der Waals surface area contributed by atoms with Crippen LogP contribution in [0.4, 0.5) is 10.2 Å². The molecule has 7 nitrogen and oxygen atoms in total. The Bertz CT molecular complexity index is 1290. The van der Waals surface area contributed by atoms with E-state index in [1.165, 1.54) is 18.3 Å². The van der Waals surface area contributed by atoms with Crippen LogP contribution in [0.15, 0.2) is 61.1 Å². The second-order valence-corrected chi connectivity index (χ2v) is 7.23. The van der Waals surface area contributed by atoms with E-state index in [1.807, 2.05) is 24.3 Å². The molecule has 0 aliphatic rings. The average molecular weight is 439 g/mol. The van der Waals surface area contributed by atoms with Crippen LogP contribution in [0.25, 0.3) is 16.9 Å². The van der Waals surface area contributed by atoms with Crippen molar-refractivity contribution in [3.63, 3.8) is 0 Å². The first-order valence-electron chi connectivity index (χ1n) is 9.31. The number of aryl methyl sites for hydroxylation is 1. The fourth-order valence-electron chi connectivity index (χ4n) is 3.05. The molecule has 0 bridgehead atoms. The highest BCUT2D eigenvalue weighted by molar-refractivity contribution is 6.31. The number of aromatic nitrogens is 3. The van der Waals surface area contributed by atoms with Crippen LogP contribution in [0.5, 0.6) is 0 Å². The van der Waals surface area contributed by atoms with Crippen LogP contribution < -0.4 is 5.32 Å². The maximum absolute atomic E-state index is 13.3. The number of rotatable bonds is 6. The SMILES string of the molecule is O=C(O)CCc1ccc(-c2cn3c(NC(=O)c4ccc(F)c(Cl)c4)cnc3cn2)cc1. The monoisotopic (exact) mass is 438 g/mol. The van der Waals surface area contributed by atoms with Crippen LogP contribution in [0.1, 0.15) is 22.3 Å². The third-order valence-corrected chi connectivity index (χ3v) is 4.99. The zero-order valence-corrected chi connectivity index (χ0v) is 16.8. The van der Waals surface area contributed by atoms with Crippen molar-refractivity contribution in [2.45, 2.75) is 12.8 Å². The van der Waals surface area contributed by atoms with Gasteiger partial charge in [-0.3, -0.25) is 19.0 Å². The Morgan fingerprint density at radius 1 is 1.10 bits per heavy atom. The molecule has 0 saturated carbocycles. The van der Waals surface area contributed by atoms with Crippen molar-refractivity contribution < 1.29 is 19.1 Å². The summed E-state index contributed by atoms with van der Waals surface area (Å²) in [5.74, 6) is -1.47. The molecule has 0 spiro atoms. The number of aliphatic carboxylic acids is 1. The molecule has 2 N–H and O–H groups in total. The lowest BCUT2D eigenvalue weighted by molar-refractivity contribution is -0.136. The van der Waals surface area contributed by atoms with Gasteiger partial charge in [-0.15, -0.1) is 0 Å². The number of carboxylic acids is 1. The molecule has 2 aromatic carbocycles. The molecule has 2 heterocycles. The molecule has 9 heteroatoms. The van der Waals surface area contributed by atoms with Gasteiger partial charge in [-0.2, -0.15) is 0 Å². The number of fused-ring (bicyclic) bond motifs is 1. The van der Waals surface area contributed by atoms with Gasteiger partial charge in [-0.1, -0.05) is 35.9 Å². The quantitative estimate of drug-likeness (QED) is 0.463. The zero-order valence-electron chi connectivity index (χ0n) is 16.0. The Balaban J connectivity index is 1.58. The Morgan fingerprint density at radius 2 is 1.87 bits per heavy atom. The third-order valence-electron chi connectivity index (χ3n) is 4.70. The van der Waals surface area contributed by atoms with E-state index in [0.717, 1.165) is 17.2 Å². The molecule has 0 saturated heterocycles. The van der Waals surface area contributed by atoms with Crippen LogP contribution >= 0.6 is 11.6 Å². The van der Waals surface area contributed by atoms with E-state index in [4.69, 9.17) is 16.7 Å². The van der Waals surface area contributed by atoms with E-state index in [2.05, 4.69) is 15.3 Å². The molecule has 31 heavy (non-hydrogen) atoms. The van der Waals surface area contributed by atoms with Crippen LogP contribution in [-0.2, 0) is 11.2 Å². The Kier molecular flexibility index (Phi) is 5.64. The van der Waals surface area contributed by atoms with Gasteiger partial charge < -0.3 is 10.4 Å². The van der Waals surface area contributed by atoms with Crippen LogP contribution in [0.2, 0.25) is 5.02 Å². The first-order valence-corrected chi connectivity index (χ1v) is 9.69. The van der Waals surface area contributed by atoms with E-state index in [-0.39, 0.29) is 17.0 Å². The minimum atomic E-state index is -0.839. The highest BCUT2D eigenvalue weighted by atomic mass is 35.5. The standard InChI is InChI=1S/C22H16ClFN4O3/c23-16-9-15(6-7-17(16)24)22(31)27-20-11-26-19-10-25-18(12-28(19)20)14-4-1-13(2-5-14)3-8-21(29)30/h1-2,4-7,9-12H,3,8H2,(H,27,31)(H,29,30). The summed E-state index contributed by atoms with van der Waals surface area (Å²) in [4.78, 5) is 31.9. The highest BCUT2D eigenvalue weighted by Crippen LogP contribution is 2.22. The smallest absolute Gasteiger partial charge is 0.303 e. The Labute approximate surface area is 181 Å². The summed E-state index contributed by atoms with van der Waals surface area (Å²) in [6.45, 7) is 0. The summed E-state index contributed by atoms with van der Waals surface area (Å²) in [5, 5.41) is 11.4. The number of hydrogen-bond acceptors (Lipinski definition) is 4. The van der Waals surface area contributed by atoms with Gasteiger partial charge in [-0.25, -0.2) is 9.37 Å². The lowest BCUT2D eigenvalue weighted by Gasteiger charge is -2.08. The van der Waals surface area contributed by atoms with Crippen molar-refractivity contribution >= 4 is 34.9 Å². The predicted molar refractivity (Wildman–Crippen MR) is 114 cm³/mol. The first-order chi connectivity index (χ1) is 14.9. The van der Waals surface area contributed by atoms with Crippen LogP contribution in [0, 0.1) is 5.82 Å². The van der Waals surface area contributed by atoms with Crippen molar-refractivity contribution in [3.05, 3.63) is 83.0 Å². The fraction of sp³-hybridized carbons (Fsp3) is 0.0909. The van der Waals surface area contributed by atoms with Gasteiger partial charge in [-0.05, 0) is 30.2 Å². The first kappa shape index (κ1) is 20.5. The van der Waals surface area contributed by atoms with E-state index in [1.54, 1.807) is 16.8 Å². The van der Waals surface area contributed by atoms with Gasteiger partial charge in [0.25, 0.3) is 5.91 Å². The molecular weight excluding hydrogens is 423 g/mol. The van der Waals surface area contributed by atoms with Gasteiger partial charge in [0.15, 0.2) is 5.65 Å². The minimum absolute atomic E-state index is 0.0704. The average Bonchev–Trinajstić information content (AvgIpc) is 3.16. The number of carbonyl (C=O) groups is 2. The summed E-state index contributed by atoms with van der Waals surface area (Å²) in [7, 11) is 0. The molecule has 0 fully saturated rings. The number of imidazole rings is 1. The molecule has 0 aliphatic carbocycles. The maximum Gasteiger partial charge on any atom is 0.303 e. The van der Waals surface area contributed by atoms with Gasteiger partial charge in [0, 0.05) is 23.7 Å². The van der Waals surface area contributed by atoms with E-state index >= 15 is 0 Å². The number of benzene rings is 2. The number of nitrogens with zero attached hydrogens (tertiary/aromatic N) is 3. The molecule has 4 aromatic rings. The van der Waals surface area contributed by atoms with Gasteiger partial charge in [0.2, 0.25) is 0 Å². The number of nitrogens with one attached hydrogen (secondary N) is 1. The van der Waals surface area contributed by atoms with Crippen LogP contribution in [-0.4, -0.2) is 31.4 Å².